The monoisotopic (exact) mass is 224 g/mol. The first-order valence-corrected chi connectivity index (χ1v) is 6.12. The molecule has 2 aromatic carbocycles. The van der Waals surface area contributed by atoms with Crippen molar-refractivity contribution in [2.75, 3.05) is 0 Å². The molecule has 0 saturated heterocycles. The van der Waals surface area contributed by atoms with Crippen LogP contribution in [0.15, 0.2) is 54.6 Å². The molecule has 3 rings (SSSR count). The highest BCUT2D eigenvalue weighted by Crippen LogP contribution is 2.38. The molecule has 1 saturated carbocycles. The summed E-state index contributed by atoms with van der Waals surface area (Å²) in [4.78, 5) is 0. The third-order valence-electron chi connectivity index (χ3n) is 3.42. The highest BCUT2D eigenvalue weighted by Gasteiger charge is 2.39. The second-order valence-electron chi connectivity index (χ2n) is 4.96. The SMILES string of the molecule is OC1(Cc2ccc(-c3ccccc3)cc2)CC1. The fraction of sp³-hybridized carbons (Fsp3) is 0.250. The summed E-state index contributed by atoms with van der Waals surface area (Å²) < 4.78 is 0. The van der Waals surface area contributed by atoms with E-state index in [0.29, 0.717) is 0 Å². The first-order valence-electron chi connectivity index (χ1n) is 6.12. The predicted octanol–water partition coefficient (Wildman–Crippen LogP) is 3.42. The molecule has 0 radical (unpaired) electrons. The zero-order valence-corrected chi connectivity index (χ0v) is 9.76. The smallest absolute Gasteiger partial charge is 0.0690 e. The molecule has 1 aliphatic rings. The quantitative estimate of drug-likeness (QED) is 0.847. The number of rotatable bonds is 3. The standard InChI is InChI=1S/C16H16O/c17-16(10-11-16)12-13-6-8-15(9-7-13)14-4-2-1-3-5-14/h1-9,17H,10-12H2. The summed E-state index contributed by atoms with van der Waals surface area (Å²) in [7, 11) is 0. The van der Waals surface area contributed by atoms with Crippen LogP contribution >= 0.6 is 0 Å². The van der Waals surface area contributed by atoms with E-state index in [1.165, 1.54) is 16.7 Å². The third-order valence-corrected chi connectivity index (χ3v) is 3.42. The molecule has 1 aliphatic carbocycles. The van der Waals surface area contributed by atoms with Gasteiger partial charge in [0.15, 0.2) is 0 Å². The Morgan fingerprint density at radius 3 is 2.00 bits per heavy atom. The zero-order valence-electron chi connectivity index (χ0n) is 9.76. The summed E-state index contributed by atoms with van der Waals surface area (Å²) >= 11 is 0. The average Bonchev–Trinajstić information content (AvgIpc) is 3.09. The van der Waals surface area contributed by atoms with Gasteiger partial charge in [-0.2, -0.15) is 0 Å². The lowest BCUT2D eigenvalue weighted by Gasteiger charge is -2.08. The van der Waals surface area contributed by atoms with Crippen molar-refractivity contribution < 1.29 is 5.11 Å². The molecule has 2 aromatic rings. The minimum atomic E-state index is -0.395. The Hall–Kier alpha value is -1.60. The third kappa shape index (κ3) is 2.40. The fourth-order valence-electron chi connectivity index (χ4n) is 2.15. The summed E-state index contributed by atoms with van der Waals surface area (Å²) in [5, 5.41) is 9.87. The lowest BCUT2D eigenvalue weighted by Crippen LogP contribution is -2.10. The van der Waals surface area contributed by atoms with Gasteiger partial charge in [0.1, 0.15) is 0 Å². The molecule has 1 nitrogen and oxygen atoms in total. The molecule has 1 fully saturated rings. The maximum atomic E-state index is 9.87. The van der Waals surface area contributed by atoms with Gasteiger partial charge in [-0.25, -0.2) is 0 Å². The molecule has 0 amide bonds. The van der Waals surface area contributed by atoms with E-state index < -0.39 is 5.60 Å². The first kappa shape index (κ1) is 10.5. The largest absolute Gasteiger partial charge is 0.390 e. The van der Waals surface area contributed by atoms with Gasteiger partial charge in [-0.05, 0) is 29.5 Å². The molecule has 0 aromatic heterocycles. The molecule has 0 spiro atoms. The molecule has 1 N–H and O–H groups in total. The Balaban J connectivity index is 1.80. The van der Waals surface area contributed by atoms with Gasteiger partial charge in [0.25, 0.3) is 0 Å². The molecule has 17 heavy (non-hydrogen) atoms. The summed E-state index contributed by atoms with van der Waals surface area (Å²) in [6, 6.07) is 18.9. The molecule has 0 unspecified atom stereocenters. The van der Waals surface area contributed by atoms with Crippen molar-refractivity contribution in [2.24, 2.45) is 0 Å². The molecule has 1 heteroatoms. The maximum Gasteiger partial charge on any atom is 0.0690 e. The lowest BCUT2D eigenvalue weighted by atomic mass is 10.0. The minimum absolute atomic E-state index is 0.395. The van der Waals surface area contributed by atoms with Crippen LogP contribution in [0.5, 0.6) is 0 Å². The van der Waals surface area contributed by atoms with Crippen molar-refractivity contribution >= 4 is 0 Å². The summed E-state index contributed by atoms with van der Waals surface area (Å²) in [5.74, 6) is 0. The minimum Gasteiger partial charge on any atom is -0.390 e. The molecule has 0 aliphatic heterocycles. The van der Waals surface area contributed by atoms with Crippen LogP contribution in [-0.4, -0.2) is 10.7 Å². The molecular weight excluding hydrogens is 208 g/mol. The van der Waals surface area contributed by atoms with Gasteiger partial charge in [0.2, 0.25) is 0 Å². The Bertz CT molecular complexity index is 495. The highest BCUT2D eigenvalue weighted by molar-refractivity contribution is 5.63. The van der Waals surface area contributed by atoms with Gasteiger partial charge in [-0.15, -0.1) is 0 Å². The van der Waals surface area contributed by atoms with Crippen LogP contribution in [0, 0.1) is 0 Å². The molecule has 0 bridgehead atoms. The predicted molar refractivity (Wildman–Crippen MR) is 69.8 cm³/mol. The van der Waals surface area contributed by atoms with E-state index in [1.54, 1.807) is 0 Å². The van der Waals surface area contributed by atoms with Crippen molar-refractivity contribution in [3.8, 4) is 11.1 Å². The first-order chi connectivity index (χ1) is 8.25. The number of benzene rings is 2. The molecule has 0 atom stereocenters. The zero-order chi connectivity index (χ0) is 11.7. The van der Waals surface area contributed by atoms with Crippen LogP contribution in [0.3, 0.4) is 0 Å². The van der Waals surface area contributed by atoms with E-state index in [4.69, 9.17) is 0 Å². The van der Waals surface area contributed by atoms with Crippen LogP contribution in [0.2, 0.25) is 0 Å². The van der Waals surface area contributed by atoms with Crippen molar-refractivity contribution in [1.82, 2.24) is 0 Å². The summed E-state index contributed by atoms with van der Waals surface area (Å²) in [6.07, 6.45) is 2.70. The van der Waals surface area contributed by atoms with Crippen LogP contribution in [0.4, 0.5) is 0 Å². The van der Waals surface area contributed by atoms with Crippen LogP contribution in [0.1, 0.15) is 18.4 Å². The Labute approximate surface area is 102 Å². The van der Waals surface area contributed by atoms with Crippen molar-refractivity contribution in [1.29, 1.82) is 0 Å². The Morgan fingerprint density at radius 2 is 1.41 bits per heavy atom. The number of hydrogen-bond acceptors (Lipinski definition) is 1. The van der Waals surface area contributed by atoms with E-state index in [0.717, 1.165) is 19.3 Å². The Kier molecular flexibility index (Phi) is 2.49. The fourth-order valence-corrected chi connectivity index (χ4v) is 2.15. The van der Waals surface area contributed by atoms with E-state index in [9.17, 15) is 5.11 Å². The second kappa shape index (κ2) is 4.01. The molecular formula is C16H16O. The van der Waals surface area contributed by atoms with Gasteiger partial charge >= 0.3 is 0 Å². The summed E-state index contributed by atoms with van der Waals surface area (Å²) in [5.41, 5.74) is 3.31. The highest BCUT2D eigenvalue weighted by atomic mass is 16.3. The van der Waals surface area contributed by atoms with Crippen LogP contribution < -0.4 is 0 Å². The van der Waals surface area contributed by atoms with Crippen LogP contribution in [0.25, 0.3) is 11.1 Å². The van der Waals surface area contributed by atoms with Crippen LogP contribution in [-0.2, 0) is 6.42 Å². The van der Waals surface area contributed by atoms with Gasteiger partial charge in [-0.1, -0.05) is 54.6 Å². The van der Waals surface area contributed by atoms with Crippen molar-refractivity contribution in [3.05, 3.63) is 60.2 Å². The average molecular weight is 224 g/mol. The molecule has 86 valence electrons. The van der Waals surface area contributed by atoms with Gasteiger partial charge in [0, 0.05) is 6.42 Å². The second-order valence-corrected chi connectivity index (χ2v) is 4.96. The molecule has 0 heterocycles. The number of hydrogen-bond donors (Lipinski definition) is 1. The topological polar surface area (TPSA) is 20.2 Å². The van der Waals surface area contributed by atoms with Gasteiger partial charge < -0.3 is 5.11 Å². The lowest BCUT2D eigenvalue weighted by molar-refractivity contribution is 0.151. The van der Waals surface area contributed by atoms with Gasteiger partial charge in [-0.3, -0.25) is 0 Å². The van der Waals surface area contributed by atoms with Crippen molar-refractivity contribution in [3.63, 3.8) is 0 Å². The normalized spacial score (nSPS) is 16.8. The van der Waals surface area contributed by atoms with E-state index >= 15 is 0 Å². The van der Waals surface area contributed by atoms with Crippen molar-refractivity contribution in [2.45, 2.75) is 24.9 Å². The van der Waals surface area contributed by atoms with Gasteiger partial charge in [0.05, 0.1) is 5.60 Å². The van der Waals surface area contributed by atoms with E-state index in [1.807, 2.05) is 6.07 Å². The summed E-state index contributed by atoms with van der Waals surface area (Å²) in [6.45, 7) is 0. The maximum absolute atomic E-state index is 9.87. The van der Waals surface area contributed by atoms with E-state index in [2.05, 4.69) is 48.5 Å². The number of aliphatic hydroxyl groups is 1. The Morgan fingerprint density at radius 1 is 0.824 bits per heavy atom. The van der Waals surface area contributed by atoms with E-state index in [-0.39, 0.29) is 0 Å².